The average molecular weight is 460 g/mol. The third kappa shape index (κ3) is 5.02. The summed E-state index contributed by atoms with van der Waals surface area (Å²) in [5, 5.41) is 10.0. The number of carbonyl (C=O) groups excluding carboxylic acids is 1. The van der Waals surface area contributed by atoms with E-state index in [9.17, 15) is 9.18 Å². The van der Waals surface area contributed by atoms with Crippen molar-refractivity contribution in [1.29, 1.82) is 0 Å². The fraction of sp³-hybridized carbons (Fsp3) is 0.318. The first-order valence-electron chi connectivity index (χ1n) is 10.1. The van der Waals surface area contributed by atoms with Crippen LogP contribution in [0.25, 0.3) is 5.69 Å². The Balaban J connectivity index is 1.51. The van der Waals surface area contributed by atoms with Crippen LogP contribution in [0.5, 0.6) is 0 Å². The molecule has 0 saturated carbocycles. The van der Waals surface area contributed by atoms with Crippen LogP contribution >= 0.6 is 23.4 Å². The monoisotopic (exact) mass is 459 g/mol. The largest absolute Gasteiger partial charge is 0.341 e. The van der Waals surface area contributed by atoms with Gasteiger partial charge in [0.25, 0.3) is 0 Å². The predicted molar refractivity (Wildman–Crippen MR) is 121 cm³/mol. The number of thioether (sulfide) groups is 1. The topological polar surface area (TPSA) is 54.3 Å². The Morgan fingerprint density at radius 2 is 1.84 bits per heavy atom. The van der Waals surface area contributed by atoms with Crippen LogP contribution in [0.4, 0.5) is 10.3 Å². The van der Waals surface area contributed by atoms with E-state index in [1.54, 1.807) is 24.1 Å². The Hall–Kier alpha value is -2.58. The van der Waals surface area contributed by atoms with Gasteiger partial charge in [0, 0.05) is 26.7 Å². The minimum Gasteiger partial charge on any atom is -0.341 e. The highest BCUT2D eigenvalue weighted by Gasteiger charge is 2.24. The SMILES string of the molecule is CN(Cc1ccc(F)cc1)C(=O)CSc1nnc(N2CCCC2)n1-c1ccccc1Cl. The molecule has 0 bridgehead atoms. The first kappa shape index (κ1) is 21.6. The molecule has 31 heavy (non-hydrogen) atoms. The normalized spacial score (nSPS) is 13.6. The molecule has 2 heterocycles. The summed E-state index contributed by atoms with van der Waals surface area (Å²) in [6.07, 6.45) is 2.23. The molecule has 0 atom stereocenters. The number of hydrogen-bond acceptors (Lipinski definition) is 5. The second-order valence-electron chi connectivity index (χ2n) is 7.43. The summed E-state index contributed by atoms with van der Waals surface area (Å²) in [5.41, 5.74) is 1.67. The first-order chi connectivity index (χ1) is 15.0. The minimum atomic E-state index is -0.291. The lowest BCUT2D eigenvalue weighted by atomic mass is 10.2. The first-order valence-corrected chi connectivity index (χ1v) is 11.5. The van der Waals surface area contributed by atoms with Crippen molar-refractivity contribution in [2.75, 3.05) is 30.8 Å². The lowest BCUT2D eigenvalue weighted by Gasteiger charge is -2.19. The number of benzene rings is 2. The number of para-hydroxylation sites is 1. The van der Waals surface area contributed by atoms with Crippen LogP contribution in [-0.2, 0) is 11.3 Å². The Morgan fingerprint density at radius 1 is 1.13 bits per heavy atom. The van der Waals surface area contributed by atoms with Gasteiger partial charge in [-0.15, -0.1) is 10.2 Å². The average Bonchev–Trinajstić information content (AvgIpc) is 3.43. The summed E-state index contributed by atoms with van der Waals surface area (Å²) < 4.78 is 15.0. The van der Waals surface area contributed by atoms with Crippen LogP contribution in [0, 0.1) is 5.82 Å². The van der Waals surface area contributed by atoms with Crippen molar-refractivity contribution in [3.8, 4) is 5.69 Å². The van der Waals surface area contributed by atoms with Gasteiger partial charge < -0.3 is 9.80 Å². The number of halogens is 2. The van der Waals surface area contributed by atoms with E-state index in [0.29, 0.717) is 16.7 Å². The second-order valence-corrected chi connectivity index (χ2v) is 8.78. The Bertz CT molecular complexity index is 1050. The molecule has 6 nitrogen and oxygen atoms in total. The molecule has 0 aliphatic carbocycles. The van der Waals surface area contributed by atoms with Crippen molar-refractivity contribution >= 4 is 35.2 Å². The van der Waals surface area contributed by atoms with Gasteiger partial charge in [-0.2, -0.15) is 0 Å². The number of anilines is 1. The highest BCUT2D eigenvalue weighted by molar-refractivity contribution is 7.99. The van der Waals surface area contributed by atoms with Gasteiger partial charge in [0.05, 0.1) is 16.5 Å². The summed E-state index contributed by atoms with van der Waals surface area (Å²) in [5.74, 6) is 0.618. The van der Waals surface area contributed by atoms with Crippen molar-refractivity contribution < 1.29 is 9.18 Å². The fourth-order valence-electron chi connectivity index (χ4n) is 3.51. The van der Waals surface area contributed by atoms with E-state index < -0.39 is 0 Å². The molecule has 1 saturated heterocycles. The van der Waals surface area contributed by atoms with Crippen LogP contribution in [0.2, 0.25) is 5.02 Å². The summed E-state index contributed by atoms with van der Waals surface area (Å²) in [7, 11) is 1.74. The Morgan fingerprint density at radius 3 is 2.55 bits per heavy atom. The molecule has 2 aromatic carbocycles. The zero-order valence-electron chi connectivity index (χ0n) is 17.2. The van der Waals surface area contributed by atoms with Crippen LogP contribution in [0.3, 0.4) is 0 Å². The number of rotatable bonds is 7. The van der Waals surface area contributed by atoms with Crippen molar-refractivity contribution in [3.63, 3.8) is 0 Å². The van der Waals surface area contributed by atoms with Gasteiger partial charge in [0.1, 0.15) is 5.82 Å². The molecular weight excluding hydrogens is 437 g/mol. The van der Waals surface area contributed by atoms with Crippen LogP contribution in [0.1, 0.15) is 18.4 Å². The van der Waals surface area contributed by atoms with Crippen LogP contribution < -0.4 is 4.90 Å². The number of nitrogens with zero attached hydrogens (tertiary/aromatic N) is 5. The van der Waals surface area contributed by atoms with Gasteiger partial charge in [-0.25, -0.2) is 4.39 Å². The van der Waals surface area contributed by atoms with Crippen molar-refractivity contribution in [3.05, 3.63) is 64.9 Å². The van der Waals surface area contributed by atoms with Crippen molar-refractivity contribution in [2.45, 2.75) is 24.5 Å². The molecule has 1 aromatic heterocycles. The molecule has 3 aromatic rings. The highest BCUT2D eigenvalue weighted by atomic mass is 35.5. The fourth-order valence-corrected chi connectivity index (χ4v) is 4.61. The van der Waals surface area contributed by atoms with E-state index in [1.807, 2.05) is 28.8 Å². The zero-order chi connectivity index (χ0) is 21.8. The lowest BCUT2D eigenvalue weighted by molar-refractivity contribution is -0.127. The Labute approximate surface area is 190 Å². The van der Waals surface area contributed by atoms with Gasteiger partial charge in [-0.05, 0) is 42.7 Å². The van der Waals surface area contributed by atoms with E-state index in [2.05, 4.69) is 15.1 Å². The van der Waals surface area contributed by atoms with E-state index in [-0.39, 0.29) is 17.5 Å². The van der Waals surface area contributed by atoms with Crippen molar-refractivity contribution in [2.24, 2.45) is 0 Å². The summed E-state index contributed by atoms with van der Waals surface area (Å²) in [4.78, 5) is 16.5. The number of hydrogen-bond donors (Lipinski definition) is 0. The molecule has 1 fully saturated rings. The molecule has 0 N–H and O–H groups in total. The zero-order valence-corrected chi connectivity index (χ0v) is 18.7. The molecule has 0 unspecified atom stereocenters. The van der Waals surface area contributed by atoms with Gasteiger partial charge in [0.15, 0.2) is 5.16 Å². The highest BCUT2D eigenvalue weighted by Crippen LogP contribution is 2.31. The van der Waals surface area contributed by atoms with E-state index >= 15 is 0 Å². The maximum absolute atomic E-state index is 13.1. The van der Waals surface area contributed by atoms with E-state index in [4.69, 9.17) is 11.6 Å². The quantitative estimate of drug-likeness (QED) is 0.490. The summed E-state index contributed by atoms with van der Waals surface area (Å²) in [6.45, 7) is 2.26. The third-order valence-corrected chi connectivity index (χ3v) is 6.42. The number of carbonyl (C=O) groups is 1. The van der Waals surface area contributed by atoms with Gasteiger partial charge in [-0.1, -0.05) is 47.6 Å². The molecule has 4 rings (SSSR count). The maximum atomic E-state index is 13.1. The van der Waals surface area contributed by atoms with E-state index in [1.165, 1.54) is 23.9 Å². The molecule has 1 aliphatic heterocycles. The van der Waals surface area contributed by atoms with Crippen LogP contribution in [-0.4, -0.2) is 51.5 Å². The summed E-state index contributed by atoms with van der Waals surface area (Å²) >= 11 is 7.81. The molecule has 0 radical (unpaired) electrons. The maximum Gasteiger partial charge on any atom is 0.233 e. The molecule has 162 valence electrons. The smallest absolute Gasteiger partial charge is 0.233 e. The second kappa shape index (κ2) is 9.70. The van der Waals surface area contributed by atoms with Gasteiger partial charge in [-0.3, -0.25) is 9.36 Å². The Kier molecular flexibility index (Phi) is 6.77. The molecule has 1 aliphatic rings. The minimum absolute atomic E-state index is 0.0502. The number of aromatic nitrogens is 3. The third-order valence-electron chi connectivity index (χ3n) is 5.18. The summed E-state index contributed by atoms with van der Waals surface area (Å²) in [6, 6.07) is 13.7. The predicted octanol–water partition coefficient (Wildman–Crippen LogP) is 4.41. The number of amides is 1. The standard InChI is InChI=1S/C22H23ClFN5OS/c1-27(14-16-8-10-17(24)11-9-16)20(30)15-31-22-26-25-21(28-12-4-5-13-28)29(22)19-7-3-2-6-18(19)23/h2-3,6-11H,4-5,12-15H2,1H3. The van der Waals surface area contributed by atoms with Gasteiger partial charge >= 0.3 is 0 Å². The van der Waals surface area contributed by atoms with Crippen LogP contribution in [0.15, 0.2) is 53.7 Å². The van der Waals surface area contributed by atoms with Crippen molar-refractivity contribution in [1.82, 2.24) is 19.7 Å². The molecule has 9 heteroatoms. The van der Waals surface area contributed by atoms with Gasteiger partial charge in [0.2, 0.25) is 11.9 Å². The lowest BCUT2D eigenvalue weighted by Crippen LogP contribution is -2.28. The van der Waals surface area contributed by atoms with E-state index in [0.717, 1.165) is 43.1 Å². The molecule has 1 amide bonds. The molecule has 0 spiro atoms. The molecular formula is C22H23ClFN5OS.